The third-order valence-electron chi connectivity index (χ3n) is 4.66. The molecule has 2 aromatic rings. The lowest BCUT2D eigenvalue weighted by atomic mass is 10.1. The van der Waals surface area contributed by atoms with Crippen molar-refractivity contribution in [1.29, 1.82) is 0 Å². The molecule has 0 bridgehead atoms. The van der Waals surface area contributed by atoms with E-state index < -0.39 is 0 Å². The fourth-order valence-electron chi connectivity index (χ4n) is 2.98. The zero-order valence-electron chi connectivity index (χ0n) is 18.5. The molecule has 7 heteroatoms. The van der Waals surface area contributed by atoms with E-state index in [4.69, 9.17) is 9.47 Å². The topological polar surface area (TPSA) is 75.2 Å². The third-order valence-corrected chi connectivity index (χ3v) is 4.66. The van der Waals surface area contributed by atoms with Crippen LogP contribution in [-0.4, -0.2) is 50.6 Å². The van der Waals surface area contributed by atoms with Crippen molar-refractivity contribution in [3.8, 4) is 11.5 Å². The molecule has 162 valence electrons. The van der Waals surface area contributed by atoms with Crippen LogP contribution in [0.4, 0.5) is 5.69 Å². The lowest BCUT2D eigenvalue weighted by molar-refractivity contribution is 0.0773. The van der Waals surface area contributed by atoms with Crippen LogP contribution < -0.4 is 20.1 Å². The molecule has 0 aliphatic heterocycles. The third kappa shape index (κ3) is 6.14. The first-order chi connectivity index (χ1) is 14.6. The number of rotatable bonds is 9. The predicted octanol–water partition coefficient (Wildman–Crippen LogP) is 3.76. The molecular weight excluding hydrogens is 380 g/mol. The molecule has 30 heavy (non-hydrogen) atoms. The summed E-state index contributed by atoms with van der Waals surface area (Å²) < 4.78 is 10.9. The van der Waals surface area contributed by atoms with E-state index in [-0.39, 0.29) is 5.91 Å². The molecule has 2 N–H and O–H groups in total. The molecule has 0 atom stereocenters. The Kier molecular flexibility index (Phi) is 9.00. The number of aliphatic imine (C=N–C) groups is 1. The number of methoxy groups -OCH3 is 1. The molecule has 0 unspecified atom stereocenters. The van der Waals surface area contributed by atoms with E-state index in [9.17, 15) is 4.79 Å². The Bertz CT molecular complexity index is 846. The van der Waals surface area contributed by atoms with Crippen molar-refractivity contribution in [3.05, 3.63) is 53.6 Å². The molecule has 0 saturated carbocycles. The number of anilines is 1. The van der Waals surface area contributed by atoms with Crippen molar-refractivity contribution in [2.45, 2.75) is 27.3 Å². The summed E-state index contributed by atoms with van der Waals surface area (Å²) >= 11 is 0. The first kappa shape index (κ1) is 23.1. The average Bonchev–Trinajstić information content (AvgIpc) is 2.78. The zero-order valence-corrected chi connectivity index (χ0v) is 18.5. The van der Waals surface area contributed by atoms with Crippen molar-refractivity contribution in [1.82, 2.24) is 10.2 Å². The van der Waals surface area contributed by atoms with E-state index in [2.05, 4.69) is 15.6 Å². The van der Waals surface area contributed by atoms with Gasteiger partial charge in [-0.25, -0.2) is 0 Å². The van der Waals surface area contributed by atoms with Gasteiger partial charge in [-0.05, 0) is 50.6 Å². The maximum absolute atomic E-state index is 12.4. The Balaban J connectivity index is 1.98. The van der Waals surface area contributed by atoms with Gasteiger partial charge in [0.05, 0.1) is 13.7 Å². The van der Waals surface area contributed by atoms with E-state index in [0.29, 0.717) is 49.3 Å². The van der Waals surface area contributed by atoms with E-state index in [0.717, 1.165) is 11.3 Å². The normalized spacial score (nSPS) is 11.0. The van der Waals surface area contributed by atoms with Crippen molar-refractivity contribution in [2.75, 3.05) is 39.2 Å². The SMILES string of the molecule is CCOc1ccc(NC(=NC)NCc2ccc(C(=O)N(CC)CC)cc2)cc1OC. The van der Waals surface area contributed by atoms with Crippen molar-refractivity contribution >= 4 is 17.6 Å². The van der Waals surface area contributed by atoms with Gasteiger partial charge < -0.3 is 25.0 Å². The van der Waals surface area contributed by atoms with Gasteiger partial charge in [-0.1, -0.05) is 12.1 Å². The van der Waals surface area contributed by atoms with Crippen LogP contribution in [0.2, 0.25) is 0 Å². The highest BCUT2D eigenvalue weighted by molar-refractivity contribution is 5.94. The minimum absolute atomic E-state index is 0.0569. The summed E-state index contributed by atoms with van der Waals surface area (Å²) in [6, 6.07) is 13.3. The lowest BCUT2D eigenvalue weighted by Crippen LogP contribution is -2.31. The Morgan fingerprint density at radius 3 is 2.30 bits per heavy atom. The van der Waals surface area contributed by atoms with Crippen LogP contribution in [0, 0.1) is 0 Å². The van der Waals surface area contributed by atoms with Crippen LogP contribution >= 0.6 is 0 Å². The summed E-state index contributed by atoms with van der Waals surface area (Å²) in [5.41, 5.74) is 2.59. The molecule has 0 spiro atoms. The maximum atomic E-state index is 12.4. The summed E-state index contributed by atoms with van der Waals surface area (Å²) in [6.45, 7) is 8.47. The number of nitrogens with zero attached hydrogens (tertiary/aromatic N) is 2. The summed E-state index contributed by atoms with van der Waals surface area (Å²) in [7, 11) is 3.33. The molecule has 0 aromatic heterocycles. The quantitative estimate of drug-likeness (QED) is 0.484. The van der Waals surface area contributed by atoms with E-state index in [1.54, 1.807) is 14.2 Å². The molecule has 7 nitrogen and oxygen atoms in total. The average molecular weight is 413 g/mol. The second-order valence-corrected chi connectivity index (χ2v) is 6.52. The molecule has 0 heterocycles. The number of hydrogen-bond donors (Lipinski definition) is 2. The van der Waals surface area contributed by atoms with Gasteiger partial charge in [-0.2, -0.15) is 0 Å². The van der Waals surface area contributed by atoms with Crippen LogP contribution in [0.5, 0.6) is 11.5 Å². The van der Waals surface area contributed by atoms with Gasteiger partial charge in [-0.3, -0.25) is 9.79 Å². The largest absolute Gasteiger partial charge is 0.493 e. The number of hydrogen-bond acceptors (Lipinski definition) is 4. The van der Waals surface area contributed by atoms with Crippen LogP contribution in [0.15, 0.2) is 47.5 Å². The number of nitrogens with one attached hydrogen (secondary N) is 2. The van der Waals surface area contributed by atoms with Gasteiger partial charge in [0.2, 0.25) is 0 Å². The van der Waals surface area contributed by atoms with E-state index in [1.165, 1.54) is 0 Å². The first-order valence-corrected chi connectivity index (χ1v) is 10.2. The second kappa shape index (κ2) is 11.7. The molecular formula is C23H32N4O3. The highest BCUT2D eigenvalue weighted by atomic mass is 16.5. The predicted molar refractivity (Wildman–Crippen MR) is 122 cm³/mol. The van der Waals surface area contributed by atoms with E-state index in [1.807, 2.05) is 68.1 Å². The van der Waals surface area contributed by atoms with Gasteiger partial charge in [0.25, 0.3) is 5.91 Å². The van der Waals surface area contributed by atoms with Crippen LogP contribution in [0.25, 0.3) is 0 Å². The molecule has 0 aliphatic carbocycles. The van der Waals surface area contributed by atoms with Crippen molar-refractivity contribution < 1.29 is 14.3 Å². The standard InChI is InChI=1S/C23H32N4O3/c1-6-27(7-2)22(28)18-11-9-17(10-12-18)16-25-23(24-4)26-19-13-14-20(30-8-3)21(15-19)29-5/h9-15H,6-8,16H2,1-5H3,(H2,24,25,26). The Morgan fingerprint density at radius 1 is 1.03 bits per heavy atom. The summed E-state index contributed by atoms with van der Waals surface area (Å²) in [6.07, 6.45) is 0. The highest BCUT2D eigenvalue weighted by Crippen LogP contribution is 2.30. The van der Waals surface area contributed by atoms with Crippen molar-refractivity contribution in [3.63, 3.8) is 0 Å². The zero-order chi connectivity index (χ0) is 21.9. The fraction of sp³-hybridized carbons (Fsp3) is 0.391. The molecule has 0 saturated heterocycles. The summed E-state index contributed by atoms with van der Waals surface area (Å²) in [4.78, 5) is 18.5. The van der Waals surface area contributed by atoms with Gasteiger partial charge in [-0.15, -0.1) is 0 Å². The fourth-order valence-corrected chi connectivity index (χ4v) is 2.98. The van der Waals surface area contributed by atoms with Gasteiger partial charge >= 0.3 is 0 Å². The minimum Gasteiger partial charge on any atom is -0.493 e. The van der Waals surface area contributed by atoms with Crippen molar-refractivity contribution in [2.24, 2.45) is 4.99 Å². The molecule has 1 amide bonds. The maximum Gasteiger partial charge on any atom is 0.253 e. The summed E-state index contributed by atoms with van der Waals surface area (Å²) in [5.74, 6) is 2.05. The molecule has 2 aromatic carbocycles. The number of ether oxygens (including phenoxy) is 2. The minimum atomic E-state index is 0.0569. The van der Waals surface area contributed by atoms with E-state index >= 15 is 0 Å². The first-order valence-electron chi connectivity index (χ1n) is 10.2. The number of carbonyl (C=O) groups excluding carboxylic acids is 1. The monoisotopic (exact) mass is 412 g/mol. The van der Waals surface area contributed by atoms with Crippen LogP contribution in [-0.2, 0) is 6.54 Å². The van der Waals surface area contributed by atoms with Crippen LogP contribution in [0.3, 0.4) is 0 Å². The molecule has 2 rings (SSSR count). The number of carbonyl (C=O) groups is 1. The lowest BCUT2D eigenvalue weighted by Gasteiger charge is -2.18. The Morgan fingerprint density at radius 2 is 1.73 bits per heavy atom. The Labute approximate surface area is 179 Å². The van der Waals surface area contributed by atoms with Gasteiger partial charge in [0.15, 0.2) is 17.5 Å². The van der Waals surface area contributed by atoms with Crippen LogP contribution in [0.1, 0.15) is 36.7 Å². The smallest absolute Gasteiger partial charge is 0.253 e. The van der Waals surface area contributed by atoms with Gasteiger partial charge in [0.1, 0.15) is 0 Å². The number of amides is 1. The molecule has 0 fully saturated rings. The highest BCUT2D eigenvalue weighted by Gasteiger charge is 2.12. The Hall–Kier alpha value is -3.22. The molecule has 0 radical (unpaired) electrons. The second-order valence-electron chi connectivity index (χ2n) is 6.52. The van der Waals surface area contributed by atoms with Gasteiger partial charge in [0, 0.05) is 44.0 Å². The summed E-state index contributed by atoms with van der Waals surface area (Å²) in [5, 5.41) is 6.52. The molecule has 0 aliphatic rings. The number of guanidine groups is 1. The number of benzene rings is 2.